The molecule has 0 unspecified atom stereocenters. The normalized spacial score (nSPS) is 16.7. The van der Waals surface area contributed by atoms with Crippen LogP contribution in [0.3, 0.4) is 0 Å². The third kappa shape index (κ3) is 5.95. The Morgan fingerprint density at radius 1 is 0.912 bits per heavy atom. The van der Waals surface area contributed by atoms with E-state index in [0.29, 0.717) is 26.1 Å². The number of carbonyl (C=O) groups excluding carboxylic acids is 2. The number of halogens is 1. The molecule has 0 amide bonds. The third-order valence-electron chi connectivity index (χ3n) is 6.09. The molecule has 0 aliphatic heterocycles. The Kier molecular flexibility index (Phi) is 8.31. The predicted molar refractivity (Wildman–Crippen MR) is 132 cm³/mol. The zero-order chi connectivity index (χ0) is 24.8. The molecule has 2 aliphatic carbocycles. The van der Waals surface area contributed by atoms with E-state index in [1.54, 1.807) is 13.0 Å². The topological polar surface area (TPSA) is 89.9 Å². The highest BCUT2D eigenvalue weighted by molar-refractivity contribution is 9.10. The number of hydrogen-bond donors (Lipinski definition) is 1. The van der Waals surface area contributed by atoms with Crippen molar-refractivity contribution < 1.29 is 29.0 Å². The monoisotopic (exact) mass is 528 g/mol. The summed E-state index contributed by atoms with van der Waals surface area (Å²) in [4.78, 5) is 34.3. The molecule has 180 valence electrons. The number of aliphatic carboxylic acids is 1. The fourth-order valence-electron chi connectivity index (χ4n) is 3.84. The van der Waals surface area contributed by atoms with Crippen molar-refractivity contribution in [2.75, 3.05) is 13.2 Å². The SMILES string of the molecule is CCOC(=O)C1(c2cccc(Br)c2)CC1.CCOC(=O)C=Cc1cccc(C2(C(=O)O)CC2)c1. The van der Waals surface area contributed by atoms with Crippen LogP contribution in [0.25, 0.3) is 6.08 Å². The summed E-state index contributed by atoms with van der Waals surface area (Å²) < 4.78 is 10.9. The Bertz CT molecular complexity index is 1080. The van der Waals surface area contributed by atoms with Crippen LogP contribution in [0.1, 0.15) is 56.2 Å². The van der Waals surface area contributed by atoms with Crippen molar-refractivity contribution in [1.29, 1.82) is 0 Å². The fourth-order valence-corrected chi connectivity index (χ4v) is 4.24. The van der Waals surface area contributed by atoms with Crippen LogP contribution in [0.2, 0.25) is 0 Å². The molecule has 0 atom stereocenters. The Morgan fingerprint density at radius 3 is 2.03 bits per heavy atom. The van der Waals surface area contributed by atoms with E-state index in [0.717, 1.165) is 34.0 Å². The third-order valence-corrected chi connectivity index (χ3v) is 6.58. The van der Waals surface area contributed by atoms with E-state index < -0.39 is 17.4 Å². The van der Waals surface area contributed by atoms with Crippen LogP contribution >= 0.6 is 15.9 Å². The van der Waals surface area contributed by atoms with Crippen molar-refractivity contribution in [1.82, 2.24) is 0 Å². The first-order valence-corrected chi connectivity index (χ1v) is 12.2. The molecule has 6 nitrogen and oxygen atoms in total. The van der Waals surface area contributed by atoms with Crippen molar-refractivity contribution >= 4 is 39.9 Å². The average Bonchev–Trinajstić information content (AvgIpc) is 3.73. The number of carbonyl (C=O) groups is 3. The average molecular weight is 529 g/mol. The van der Waals surface area contributed by atoms with Crippen molar-refractivity contribution in [3.05, 3.63) is 75.8 Å². The lowest BCUT2D eigenvalue weighted by molar-refractivity contribution is -0.146. The van der Waals surface area contributed by atoms with Gasteiger partial charge >= 0.3 is 17.9 Å². The molecule has 2 aliphatic rings. The van der Waals surface area contributed by atoms with Crippen LogP contribution < -0.4 is 0 Å². The molecule has 0 radical (unpaired) electrons. The Labute approximate surface area is 208 Å². The minimum atomic E-state index is -0.779. The number of carboxylic acid groups (broad SMARTS) is 1. The highest BCUT2D eigenvalue weighted by Crippen LogP contribution is 2.50. The van der Waals surface area contributed by atoms with E-state index in [2.05, 4.69) is 15.9 Å². The molecule has 7 heteroatoms. The van der Waals surface area contributed by atoms with Gasteiger partial charge in [-0.05, 0) is 74.4 Å². The molecule has 2 aromatic carbocycles. The first-order chi connectivity index (χ1) is 16.3. The molecule has 0 heterocycles. The van der Waals surface area contributed by atoms with Gasteiger partial charge in [-0.15, -0.1) is 0 Å². The Balaban J connectivity index is 0.000000196. The van der Waals surface area contributed by atoms with Gasteiger partial charge in [0, 0.05) is 10.5 Å². The second kappa shape index (κ2) is 11.0. The summed E-state index contributed by atoms with van der Waals surface area (Å²) in [6.45, 7) is 4.38. The molecule has 0 spiro atoms. The van der Waals surface area contributed by atoms with E-state index in [9.17, 15) is 19.5 Å². The van der Waals surface area contributed by atoms with Crippen LogP contribution in [0.5, 0.6) is 0 Å². The van der Waals surface area contributed by atoms with Gasteiger partial charge in [0.2, 0.25) is 0 Å². The van der Waals surface area contributed by atoms with Gasteiger partial charge in [-0.2, -0.15) is 0 Å². The summed E-state index contributed by atoms with van der Waals surface area (Å²) in [6, 6.07) is 15.2. The van der Waals surface area contributed by atoms with Gasteiger partial charge in [0.25, 0.3) is 0 Å². The smallest absolute Gasteiger partial charge is 0.330 e. The maximum atomic E-state index is 11.8. The van der Waals surface area contributed by atoms with Gasteiger partial charge < -0.3 is 14.6 Å². The van der Waals surface area contributed by atoms with Crippen LogP contribution in [-0.2, 0) is 34.7 Å². The van der Waals surface area contributed by atoms with Crippen molar-refractivity contribution in [3.63, 3.8) is 0 Å². The lowest BCUT2D eigenvalue weighted by Gasteiger charge is -2.14. The second-order valence-electron chi connectivity index (χ2n) is 8.41. The lowest BCUT2D eigenvalue weighted by Crippen LogP contribution is -2.23. The Morgan fingerprint density at radius 2 is 1.50 bits per heavy atom. The largest absolute Gasteiger partial charge is 0.481 e. The Hall–Kier alpha value is -2.93. The van der Waals surface area contributed by atoms with Crippen molar-refractivity contribution in [2.45, 2.75) is 50.4 Å². The number of benzene rings is 2. The van der Waals surface area contributed by atoms with Crippen molar-refractivity contribution in [3.8, 4) is 0 Å². The van der Waals surface area contributed by atoms with E-state index in [-0.39, 0.29) is 11.4 Å². The maximum absolute atomic E-state index is 11.8. The molecule has 2 fully saturated rings. The van der Waals surface area contributed by atoms with Crippen LogP contribution in [0, 0.1) is 0 Å². The standard InChI is InChI=1S/C15H16O4.C12H13BrO2/c1-2-19-13(16)7-6-11-4-3-5-12(10-11)15(8-9-15)14(17)18;1-2-15-11(14)12(6-7-12)9-4-3-5-10(13)8-9/h3-7,10H,2,8-9H2,1H3,(H,17,18);3-5,8H,2,6-7H2,1H3. The van der Waals surface area contributed by atoms with Crippen molar-refractivity contribution in [2.24, 2.45) is 0 Å². The van der Waals surface area contributed by atoms with E-state index in [1.165, 1.54) is 6.08 Å². The van der Waals surface area contributed by atoms with Crippen LogP contribution in [0.4, 0.5) is 0 Å². The molecule has 2 aromatic rings. The minimum Gasteiger partial charge on any atom is -0.481 e. The minimum absolute atomic E-state index is 0.0805. The first kappa shape index (κ1) is 25.7. The molecule has 2 saturated carbocycles. The van der Waals surface area contributed by atoms with Gasteiger partial charge in [-0.3, -0.25) is 9.59 Å². The summed E-state index contributed by atoms with van der Waals surface area (Å²) in [5.41, 5.74) is 1.60. The van der Waals surface area contributed by atoms with Gasteiger partial charge in [-0.25, -0.2) is 4.79 Å². The number of hydrogen-bond acceptors (Lipinski definition) is 5. The molecule has 4 rings (SSSR count). The zero-order valence-electron chi connectivity index (χ0n) is 19.4. The maximum Gasteiger partial charge on any atom is 0.330 e. The summed E-state index contributed by atoms with van der Waals surface area (Å²) >= 11 is 3.42. The lowest BCUT2D eigenvalue weighted by atomic mass is 9.94. The molecule has 0 aromatic heterocycles. The van der Waals surface area contributed by atoms with Gasteiger partial charge in [0.05, 0.1) is 24.0 Å². The highest BCUT2D eigenvalue weighted by Gasteiger charge is 2.53. The van der Waals surface area contributed by atoms with Crippen LogP contribution in [0.15, 0.2) is 59.1 Å². The molecule has 0 bridgehead atoms. The van der Waals surface area contributed by atoms with Gasteiger partial charge in [-0.1, -0.05) is 52.3 Å². The number of esters is 2. The molecule has 34 heavy (non-hydrogen) atoms. The summed E-state index contributed by atoms with van der Waals surface area (Å²) in [5.74, 6) is -1.26. The predicted octanol–water partition coefficient (Wildman–Crippen LogP) is 5.42. The summed E-state index contributed by atoms with van der Waals surface area (Å²) in [7, 11) is 0. The number of carboxylic acids is 1. The van der Waals surface area contributed by atoms with Crippen LogP contribution in [-0.4, -0.2) is 36.2 Å². The van der Waals surface area contributed by atoms with Gasteiger partial charge in [0.15, 0.2) is 0 Å². The molecular formula is C27H29BrO6. The van der Waals surface area contributed by atoms with E-state index in [1.807, 2.05) is 55.5 Å². The molecular weight excluding hydrogens is 500 g/mol. The molecule has 0 saturated heterocycles. The quantitative estimate of drug-likeness (QED) is 0.363. The highest BCUT2D eigenvalue weighted by atomic mass is 79.9. The summed E-state index contributed by atoms with van der Waals surface area (Å²) in [6.07, 6.45) is 6.15. The summed E-state index contributed by atoms with van der Waals surface area (Å²) in [5, 5.41) is 9.24. The van der Waals surface area contributed by atoms with E-state index in [4.69, 9.17) is 9.47 Å². The molecule has 1 N–H and O–H groups in total. The first-order valence-electron chi connectivity index (χ1n) is 11.4. The second-order valence-corrected chi connectivity index (χ2v) is 9.33. The number of ether oxygens (including phenoxy) is 2. The fraction of sp³-hybridized carbons (Fsp3) is 0.370. The van der Waals surface area contributed by atoms with Gasteiger partial charge in [0.1, 0.15) is 0 Å². The number of rotatable bonds is 8. The van der Waals surface area contributed by atoms with E-state index >= 15 is 0 Å². The zero-order valence-corrected chi connectivity index (χ0v) is 21.0.